The van der Waals surface area contributed by atoms with E-state index >= 15 is 0 Å². The van der Waals surface area contributed by atoms with E-state index in [0.717, 1.165) is 0 Å². The Bertz CT molecular complexity index is 224. The molecule has 0 aromatic heterocycles. The molecule has 0 saturated carbocycles. The third kappa shape index (κ3) is 5.25. The van der Waals surface area contributed by atoms with Crippen LogP contribution in [0.4, 0.5) is 0 Å². The van der Waals surface area contributed by atoms with Gasteiger partial charge in [0.2, 0.25) is 0 Å². The summed E-state index contributed by atoms with van der Waals surface area (Å²) in [5.74, 6) is 0. The molecule has 0 amide bonds. The van der Waals surface area contributed by atoms with Crippen molar-refractivity contribution in [1.29, 1.82) is 0 Å². The van der Waals surface area contributed by atoms with Gasteiger partial charge in [-0.25, -0.2) is 0 Å². The van der Waals surface area contributed by atoms with Gasteiger partial charge in [-0.1, -0.05) is 23.8 Å². The van der Waals surface area contributed by atoms with Gasteiger partial charge in [-0.2, -0.15) is 0 Å². The van der Waals surface area contributed by atoms with Crippen molar-refractivity contribution >= 4 is 23.1 Å². The molecule has 1 aromatic carbocycles. The average molecular weight is 215 g/mol. The monoisotopic (exact) mass is 214 g/mol. The summed E-state index contributed by atoms with van der Waals surface area (Å²) >= 11 is 0. The molecule has 0 aliphatic carbocycles. The van der Waals surface area contributed by atoms with Gasteiger partial charge in [0, 0.05) is 0 Å². The second-order valence-electron chi connectivity index (χ2n) is 2.59. The Morgan fingerprint density at radius 1 is 0.833 bits per heavy atom. The van der Waals surface area contributed by atoms with Crippen LogP contribution >= 0.6 is 0 Å². The van der Waals surface area contributed by atoms with Crippen LogP contribution in [-0.4, -0.2) is 23.1 Å². The first-order valence-electron chi connectivity index (χ1n) is 3.24. The van der Waals surface area contributed by atoms with E-state index in [1.807, 2.05) is 0 Å². The van der Waals surface area contributed by atoms with Gasteiger partial charge < -0.3 is 24.8 Å². The van der Waals surface area contributed by atoms with Crippen molar-refractivity contribution in [3.05, 3.63) is 34.9 Å². The summed E-state index contributed by atoms with van der Waals surface area (Å²) in [4.78, 5) is 0. The first-order valence-corrected chi connectivity index (χ1v) is 3.24. The molecular weight excluding hydrogens is 203 g/mol. The van der Waals surface area contributed by atoms with E-state index in [-0.39, 0.29) is 47.9 Å². The molecule has 0 N–H and O–H groups in total. The van der Waals surface area contributed by atoms with Crippen LogP contribution in [0.5, 0.6) is 0 Å². The van der Waals surface area contributed by atoms with E-state index in [2.05, 4.69) is 39.0 Å². The molecule has 0 radical (unpaired) electrons. The maximum atomic E-state index is 2.20. The van der Waals surface area contributed by atoms with Gasteiger partial charge >= 0.3 is 23.1 Å². The SMILES string of the molecule is Cc1ccc(C)c(C)c1.[Cl-].[Cl-].[Mg+2]. The molecule has 12 heavy (non-hydrogen) atoms. The van der Waals surface area contributed by atoms with Crippen LogP contribution < -0.4 is 24.8 Å². The van der Waals surface area contributed by atoms with E-state index in [0.29, 0.717) is 0 Å². The molecule has 0 nitrogen and oxygen atoms in total. The zero-order valence-electron chi connectivity index (χ0n) is 7.70. The zero-order valence-corrected chi connectivity index (χ0v) is 10.6. The van der Waals surface area contributed by atoms with Gasteiger partial charge in [0.15, 0.2) is 0 Å². The predicted octanol–water partition coefficient (Wildman–Crippen LogP) is -3.76. The fourth-order valence-corrected chi connectivity index (χ4v) is 0.891. The summed E-state index contributed by atoms with van der Waals surface area (Å²) in [7, 11) is 0. The number of hydrogen-bond acceptors (Lipinski definition) is 0. The van der Waals surface area contributed by atoms with Crippen LogP contribution in [0.3, 0.4) is 0 Å². The van der Waals surface area contributed by atoms with Crippen LogP contribution in [0.1, 0.15) is 16.7 Å². The number of rotatable bonds is 0. The van der Waals surface area contributed by atoms with Crippen molar-refractivity contribution in [2.45, 2.75) is 20.8 Å². The first kappa shape index (κ1) is 18.4. The number of benzene rings is 1. The zero-order chi connectivity index (χ0) is 6.85. The molecule has 0 fully saturated rings. The van der Waals surface area contributed by atoms with Crippen LogP contribution in [0, 0.1) is 20.8 Å². The second kappa shape index (κ2) is 8.18. The fourth-order valence-electron chi connectivity index (χ4n) is 0.891. The summed E-state index contributed by atoms with van der Waals surface area (Å²) in [6, 6.07) is 6.50. The number of halogens is 2. The van der Waals surface area contributed by atoms with Gasteiger partial charge in [-0.05, 0) is 31.9 Å². The molecule has 0 heterocycles. The topological polar surface area (TPSA) is 0 Å². The van der Waals surface area contributed by atoms with Gasteiger partial charge in [-0.3, -0.25) is 0 Å². The van der Waals surface area contributed by atoms with E-state index in [4.69, 9.17) is 0 Å². The number of hydrogen-bond donors (Lipinski definition) is 0. The van der Waals surface area contributed by atoms with E-state index in [9.17, 15) is 0 Å². The minimum atomic E-state index is 0. The molecule has 0 bridgehead atoms. The smallest absolute Gasteiger partial charge is 1.00 e. The Kier molecular flexibility index (Phi) is 12.5. The fraction of sp³-hybridized carbons (Fsp3) is 0.333. The summed E-state index contributed by atoms with van der Waals surface area (Å²) in [5, 5.41) is 0. The maximum absolute atomic E-state index is 2.20. The Labute approximate surface area is 103 Å². The largest absolute Gasteiger partial charge is 2.00 e. The molecular formula is C9H12Cl2Mg. The summed E-state index contributed by atoms with van der Waals surface area (Å²) in [5.41, 5.74) is 4.11. The van der Waals surface area contributed by atoms with Gasteiger partial charge in [0.25, 0.3) is 0 Å². The van der Waals surface area contributed by atoms with Crippen LogP contribution in [0.15, 0.2) is 18.2 Å². The minimum absolute atomic E-state index is 0. The quantitative estimate of drug-likeness (QED) is 0.390. The average Bonchev–Trinajstić information content (AvgIpc) is 1.80. The molecule has 64 valence electrons. The second-order valence-corrected chi connectivity index (χ2v) is 2.59. The molecule has 0 atom stereocenters. The molecule has 0 spiro atoms. The van der Waals surface area contributed by atoms with Crippen molar-refractivity contribution < 1.29 is 24.8 Å². The Morgan fingerprint density at radius 2 is 1.33 bits per heavy atom. The van der Waals surface area contributed by atoms with Crippen molar-refractivity contribution in [3.63, 3.8) is 0 Å². The molecule has 0 aliphatic heterocycles. The third-order valence-corrected chi connectivity index (χ3v) is 1.66. The summed E-state index contributed by atoms with van der Waals surface area (Å²) < 4.78 is 0. The van der Waals surface area contributed by atoms with E-state index in [1.165, 1.54) is 16.7 Å². The predicted molar refractivity (Wildman–Crippen MR) is 46.4 cm³/mol. The maximum Gasteiger partial charge on any atom is 2.00 e. The molecule has 0 aliphatic rings. The standard InChI is InChI=1S/C9H12.2ClH.Mg/c1-7-4-5-8(2)9(3)6-7;;;/h4-6H,1-3H3;2*1H;/q;;;+2/p-2. The molecule has 0 unspecified atom stereocenters. The van der Waals surface area contributed by atoms with Gasteiger partial charge in [0.1, 0.15) is 0 Å². The van der Waals surface area contributed by atoms with Crippen molar-refractivity contribution in [2.24, 2.45) is 0 Å². The summed E-state index contributed by atoms with van der Waals surface area (Å²) in [6.45, 7) is 6.39. The van der Waals surface area contributed by atoms with Crippen molar-refractivity contribution in [2.75, 3.05) is 0 Å². The Morgan fingerprint density at radius 3 is 1.67 bits per heavy atom. The normalized spacial score (nSPS) is 7.25. The third-order valence-electron chi connectivity index (χ3n) is 1.66. The molecule has 0 saturated heterocycles. The van der Waals surface area contributed by atoms with Gasteiger partial charge in [-0.15, -0.1) is 0 Å². The minimum Gasteiger partial charge on any atom is -1.00 e. The molecule has 1 rings (SSSR count). The number of aryl methyl sites for hydroxylation is 3. The Hall–Kier alpha value is 0.566. The first-order chi connectivity index (χ1) is 4.20. The van der Waals surface area contributed by atoms with Crippen molar-refractivity contribution in [1.82, 2.24) is 0 Å². The van der Waals surface area contributed by atoms with Crippen LogP contribution in [-0.2, 0) is 0 Å². The van der Waals surface area contributed by atoms with Crippen LogP contribution in [0.2, 0.25) is 0 Å². The summed E-state index contributed by atoms with van der Waals surface area (Å²) in [6.07, 6.45) is 0. The molecule has 3 heteroatoms. The Balaban J connectivity index is -0.000000270. The molecule has 1 aromatic rings. The van der Waals surface area contributed by atoms with E-state index in [1.54, 1.807) is 0 Å². The van der Waals surface area contributed by atoms with Gasteiger partial charge in [0.05, 0.1) is 0 Å². The van der Waals surface area contributed by atoms with Crippen molar-refractivity contribution in [3.8, 4) is 0 Å². The van der Waals surface area contributed by atoms with Crippen LogP contribution in [0.25, 0.3) is 0 Å². The van der Waals surface area contributed by atoms with E-state index < -0.39 is 0 Å².